The zero-order valence-electron chi connectivity index (χ0n) is 13.0. The highest BCUT2D eigenvalue weighted by Gasteiger charge is 2.28. The van der Waals surface area contributed by atoms with Gasteiger partial charge in [0.25, 0.3) is 0 Å². The lowest BCUT2D eigenvalue weighted by Crippen LogP contribution is -2.38. The van der Waals surface area contributed by atoms with Gasteiger partial charge in [-0.1, -0.05) is 37.3 Å². The lowest BCUT2D eigenvalue weighted by molar-refractivity contribution is -0.145. The van der Waals surface area contributed by atoms with Crippen molar-refractivity contribution in [3.63, 3.8) is 0 Å². The summed E-state index contributed by atoms with van der Waals surface area (Å²) in [6, 6.07) is 10.2. The van der Waals surface area contributed by atoms with Crippen molar-refractivity contribution in [1.82, 2.24) is 10.2 Å². The number of hydrogen-bond acceptors (Lipinski definition) is 4. The molecule has 1 aliphatic carbocycles. The Labute approximate surface area is 127 Å². The van der Waals surface area contributed by atoms with Gasteiger partial charge in [-0.15, -0.1) is 0 Å². The van der Waals surface area contributed by atoms with Crippen molar-refractivity contribution < 1.29 is 9.53 Å². The largest absolute Gasteiger partial charge is 0.465 e. The van der Waals surface area contributed by atoms with Crippen LogP contribution in [0.4, 0.5) is 0 Å². The van der Waals surface area contributed by atoms with Crippen molar-refractivity contribution in [2.75, 3.05) is 26.2 Å². The number of benzene rings is 1. The van der Waals surface area contributed by atoms with E-state index in [1.165, 1.54) is 12.8 Å². The molecule has 0 heterocycles. The minimum absolute atomic E-state index is 0.196. The molecule has 0 amide bonds. The summed E-state index contributed by atoms with van der Waals surface area (Å²) in [5.74, 6) is -0.196. The molecule has 2 rings (SSSR count). The molecule has 0 aromatic heterocycles. The Kier molecular flexibility index (Phi) is 6.21. The molecule has 1 N–H and O–H groups in total. The fourth-order valence-electron chi connectivity index (χ4n) is 2.60. The van der Waals surface area contributed by atoms with E-state index in [1.54, 1.807) is 0 Å². The van der Waals surface area contributed by atoms with E-state index in [2.05, 4.69) is 17.1 Å². The number of nitrogens with zero attached hydrogens (tertiary/aromatic N) is 1. The van der Waals surface area contributed by atoms with Gasteiger partial charge in [0.1, 0.15) is 6.04 Å². The third kappa shape index (κ3) is 4.83. The molecule has 21 heavy (non-hydrogen) atoms. The number of nitrogens with one attached hydrogen (secondary N) is 1. The molecule has 0 spiro atoms. The molecular weight excluding hydrogens is 264 g/mol. The summed E-state index contributed by atoms with van der Waals surface area (Å²) in [5.41, 5.74) is 0.963. The number of likely N-dealkylation sites (N-methyl/N-ethyl adjacent to an activating group) is 1. The monoisotopic (exact) mass is 290 g/mol. The van der Waals surface area contributed by atoms with Gasteiger partial charge in [0, 0.05) is 19.1 Å². The smallest absolute Gasteiger partial charge is 0.327 e. The summed E-state index contributed by atoms with van der Waals surface area (Å²) in [4.78, 5) is 14.6. The average molecular weight is 290 g/mol. The second-order valence-corrected chi connectivity index (χ2v) is 5.41. The summed E-state index contributed by atoms with van der Waals surface area (Å²) in [6.07, 6.45) is 2.63. The fraction of sp³-hybridized carbons (Fsp3) is 0.588. The topological polar surface area (TPSA) is 41.6 Å². The molecule has 4 heteroatoms. The first-order valence-corrected chi connectivity index (χ1v) is 7.95. The lowest BCUT2D eigenvalue weighted by atomic mass is 10.1. The molecule has 0 aliphatic heterocycles. The van der Waals surface area contributed by atoms with E-state index in [0.29, 0.717) is 6.61 Å². The molecule has 1 saturated carbocycles. The number of ether oxygens (including phenoxy) is 1. The van der Waals surface area contributed by atoms with Gasteiger partial charge in [-0.3, -0.25) is 10.2 Å². The van der Waals surface area contributed by atoms with Gasteiger partial charge in [0.05, 0.1) is 6.61 Å². The highest BCUT2D eigenvalue weighted by Crippen LogP contribution is 2.26. The van der Waals surface area contributed by atoms with E-state index in [4.69, 9.17) is 4.74 Å². The molecule has 1 fully saturated rings. The first-order valence-electron chi connectivity index (χ1n) is 7.95. The average Bonchev–Trinajstić information content (AvgIpc) is 3.33. The summed E-state index contributed by atoms with van der Waals surface area (Å²) >= 11 is 0. The maximum atomic E-state index is 12.1. The first-order chi connectivity index (χ1) is 10.3. The summed E-state index contributed by atoms with van der Waals surface area (Å²) in [5, 5.41) is 3.35. The van der Waals surface area contributed by atoms with E-state index < -0.39 is 0 Å². The zero-order chi connectivity index (χ0) is 15.1. The number of hydrogen-bond donors (Lipinski definition) is 1. The molecule has 116 valence electrons. The molecule has 1 aliphatic rings. The van der Waals surface area contributed by atoms with Crippen LogP contribution >= 0.6 is 0 Å². The molecular formula is C17H26N2O2. The Morgan fingerprint density at radius 3 is 2.62 bits per heavy atom. The van der Waals surface area contributed by atoms with Crippen LogP contribution in [-0.4, -0.2) is 43.2 Å². The van der Waals surface area contributed by atoms with Crippen molar-refractivity contribution in [1.29, 1.82) is 0 Å². The Balaban J connectivity index is 1.91. The van der Waals surface area contributed by atoms with Gasteiger partial charge in [0.2, 0.25) is 0 Å². The summed E-state index contributed by atoms with van der Waals surface area (Å²) in [7, 11) is 0. The molecule has 1 atom stereocenters. The Bertz CT molecular complexity index is 432. The Morgan fingerprint density at radius 2 is 2.05 bits per heavy atom. The second kappa shape index (κ2) is 8.15. The van der Waals surface area contributed by atoms with Crippen LogP contribution in [0.3, 0.4) is 0 Å². The van der Waals surface area contributed by atoms with Crippen LogP contribution in [0.5, 0.6) is 0 Å². The van der Waals surface area contributed by atoms with Crippen LogP contribution in [-0.2, 0) is 9.53 Å². The van der Waals surface area contributed by atoms with Gasteiger partial charge < -0.3 is 4.74 Å². The number of carbonyl (C=O) groups is 1. The predicted molar refractivity (Wildman–Crippen MR) is 84.1 cm³/mol. The van der Waals surface area contributed by atoms with Crippen LogP contribution in [0.25, 0.3) is 0 Å². The molecule has 0 radical (unpaired) electrons. The van der Waals surface area contributed by atoms with Crippen molar-refractivity contribution in [2.24, 2.45) is 0 Å². The standard InChI is InChI=1S/C17H26N2O2/c1-3-19(15-10-11-15)13-12-18-16(17(20)21-4-2)14-8-6-5-7-9-14/h5-9,15-16,18H,3-4,10-13H2,1-2H3. The van der Waals surface area contributed by atoms with Gasteiger partial charge >= 0.3 is 5.97 Å². The number of carbonyl (C=O) groups excluding carboxylic acids is 1. The second-order valence-electron chi connectivity index (χ2n) is 5.41. The normalized spacial score (nSPS) is 16.0. The van der Waals surface area contributed by atoms with E-state index in [0.717, 1.165) is 31.2 Å². The van der Waals surface area contributed by atoms with Crippen LogP contribution in [0.15, 0.2) is 30.3 Å². The maximum Gasteiger partial charge on any atom is 0.327 e. The van der Waals surface area contributed by atoms with Gasteiger partial charge in [-0.2, -0.15) is 0 Å². The highest BCUT2D eigenvalue weighted by molar-refractivity contribution is 5.77. The molecule has 1 aromatic carbocycles. The Hall–Kier alpha value is -1.39. The van der Waals surface area contributed by atoms with Crippen LogP contribution in [0.2, 0.25) is 0 Å². The van der Waals surface area contributed by atoms with Crippen molar-refractivity contribution in [3.05, 3.63) is 35.9 Å². The van der Waals surface area contributed by atoms with Crippen molar-refractivity contribution >= 4 is 5.97 Å². The maximum absolute atomic E-state index is 12.1. The van der Waals surface area contributed by atoms with E-state index >= 15 is 0 Å². The lowest BCUT2D eigenvalue weighted by Gasteiger charge is -2.22. The molecule has 0 bridgehead atoms. The van der Waals surface area contributed by atoms with Crippen LogP contribution < -0.4 is 5.32 Å². The van der Waals surface area contributed by atoms with E-state index in [9.17, 15) is 4.79 Å². The van der Waals surface area contributed by atoms with Crippen molar-refractivity contribution in [3.8, 4) is 0 Å². The van der Waals surface area contributed by atoms with Crippen LogP contribution in [0.1, 0.15) is 38.3 Å². The van der Waals surface area contributed by atoms with Gasteiger partial charge in [-0.25, -0.2) is 4.79 Å². The number of esters is 1. The minimum atomic E-state index is -0.371. The van der Waals surface area contributed by atoms with Gasteiger partial charge in [0.15, 0.2) is 0 Å². The third-order valence-corrected chi connectivity index (χ3v) is 3.87. The van der Waals surface area contributed by atoms with Crippen LogP contribution in [0, 0.1) is 0 Å². The first kappa shape index (κ1) is 16.0. The Morgan fingerprint density at radius 1 is 1.33 bits per heavy atom. The third-order valence-electron chi connectivity index (χ3n) is 3.87. The van der Waals surface area contributed by atoms with E-state index in [-0.39, 0.29) is 12.0 Å². The SMILES string of the molecule is CCOC(=O)C(NCCN(CC)C1CC1)c1ccccc1. The fourth-order valence-corrected chi connectivity index (χ4v) is 2.60. The zero-order valence-corrected chi connectivity index (χ0v) is 13.0. The predicted octanol–water partition coefficient (Wildman–Crippen LogP) is 2.36. The molecule has 4 nitrogen and oxygen atoms in total. The number of rotatable bonds is 9. The highest BCUT2D eigenvalue weighted by atomic mass is 16.5. The minimum Gasteiger partial charge on any atom is -0.465 e. The molecule has 1 aromatic rings. The van der Waals surface area contributed by atoms with Gasteiger partial charge in [-0.05, 0) is 31.9 Å². The van der Waals surface area contributed by atoms with E-state index in [1.807, 2.05) is 37.3 Å². The van der Waals surface area contributed by atoms with Crippen molar-refractivity contribution in [2.45, 2.75) is 38.8 Å². The molecule has 0 saturated heterocycles. The summed E-state index contributed by atoms with van der Waals surface area (Å²) in [6.45, 7) is 7.28. The quantitative estimate of drug-likeness (QED) is 0.709. The summed E-state index contributed by atoms with van der Waals surface area (Å²) < 4.78 is 5.19. The molecule has 1 unspecified atom stereocenters.